The molecule has 0 aromatic heterocycles. The van der Waals surface area contributed by atoms with E-state index in [-0.39, 0.29) is 16.9 Å². The van der Waals surface area contributed by atoms with Gasteiger partial charge in [-0.3, -0.25) is 0 Å². The molecule has 0 fully saturated rings. The number of methoxy groups -OCH3 is 2. The van der Waals surface area contributed by atoms with E-state index in [1.54, 1.807) is 36.4 Å². The van der Waals surface area contributed by atoms with E-state index in [9.17, 15) is 14.9 Å². The Morgan fingerprint density at radius 3 is 2.16 bits per heavy atom. The van der Waals surface area contributed by atoms with Crippen LogP contribution >= 0.6 is 0 Å². The van der Waals surface area contributed by atoms with Gasteiger partial charge in [0.25, 0.3) is 0 Å². The van der Waals surface area contributed by atoms with Crippen LogP contribution in [0.15, 0.2) is 53.6 Å². The van der Waals surface area contributed by atoms with Crippen molar-refractivity contribution in [1.82, 2.24) is 0 Å². The standard InChI is InChI=1S/C24H20N2O6/c1-4-31-21-9-8-17(13-22(21)29-2)11-19(15-26)24(28)32-20-7-5-6-16(12-20)10-18(14-25)23(27)30-3/h5-13H,4H2,1-3H3/b18-10+,19-11+. The molecule has 0 atom stereocenters. The summed E-state index contributed by atoms with van der Waals surface area (Å²) in [5, 5.41) is 18.5. The van der Waals surface area contributed by atoms with Gasteiger partial charge in [0.15, 0.2) is 11.5 Å². The van der Waals surface area contributed by atoms with Crippen molar-refractivity contribution in [2.24, 2.45) is 0 Å². The minimum absolute atomic E-state index is 0.135. The minimum Gasteiger partial charge on any atom is -0.493 e. The van der Waals surface area contributed by atoms with Crippen molar-refractivity contribution in [3.63, 3.8) is 0 Å². The van der Waals surface area contributed by atoms with Crippen LogP contribution in [0, 0.1) is 22.7 Å². The van der Waals surface area contributed by atoms with Gasteiger partial charge in [-0.25, -0.2) is 9.59 Å². The number of carbonyl (C=O) groups excluding carboxylic acids is 2. The average Bonchev–Trinajstić information content (AvgIpc) is 2.81. The van der Waals surface area contributed by atoms with Crippen molar-refractivity contribution >= 4 is 24.1 Å². The Morgan fingerprint density at radius 2 is 1.56 bits per heavy atom. The van der Waals surface area contributed by atoms with Crippen LogP contribution < -0.4 is 14.2 Å². The third kappa shape index (κ3) is 6.22. The van der Waals surface area contributed by atoms with Crippen molar-refractivity contribution in [3.8, 4) is 29.4 Å². The number of esters is 2. The van der Waals surface area contributed by atoms with E-state index in [1.807, 2.05) is 13.0 Å². The maximum atomic E-state index is 12.5. The molecule has 0 unspecified atom stereocenters. The van der Waals surface area contributed by atoms with Gasteiger partial charge < -0.3 is 18.9 Å². The lowest BCUT2D eigenvalue weighted by Crippen LogP contribution is -2.10. The van der Waals surface area contributed by atoms with Crippen LogP contribution in [0.4, 0.5) is 0 Å². The maximum Gasteiger partial charge on any atom is 0.354 e. The molecule has 162 valence electrons. The fourth-order valence-electron chi connectivity index (χ4n) is 2.60. The molecule has 32 heavy (non-hydrogen) atoms. The Kier molecular flexibility index (Phi) is 8.58. The van der Waals surface area contributed by atoms with Gasteiger partial charge in [-0.2, -0.15) is 10.5 Å². The second kappa shape index (κ2) is 11.6. The lowest BCUT2D eigenvalue weighted by Gasteiger charge is -2.10. The van der Waals surface area contributed by atoms with Crippen LogP contribution in [0.3, 0.4) is 0 Å². The molecule has 2 aromatic rings. The van der Waals surface area contributed by atoms with Gasteiger partial charge in [-0.05, 0) is 54.5 Å². The fraction of sp³-hybridized carbons (Fsp3) is 0.167. The molecule has 2 rings (SSSR count). The lowest BCUT2D eigenvalue weighted by atomic mass is 10.1. The normalized spacial score (nSPS) is 11.0. The number of nitrogens with zero attached hydrogens (tertiary/aromatic N) is 2. The number of hydrogen-bond acceptors (Lipinski definition) is 8. The van der Waals surface area contributed by atoms with Crippen LogP contribution in [0.1, 0.15) is 18.1 Å². The van der Waals surface area contributed by atoms with Crippen LogP contribution in [0.5, 0.6) is 17.2 Å². The molecule has 0 amide bonds. The molecule has 8 heteroatoms. The van der Waals surface area contributed by atoms with Gasteiger partial charge in [-0.1, -0.05) is 18.2 Å². The summed E-state index contributed by atoms with van der Waals surface area (Å²) >= 11 is 0. The van der Waals surface area contributed by atoms with Gasteiger partial charge in [0, 0.05) is 0 Å². The molecule has 0 saturated heterocycles. The zero-order chi connectivity index (χ0) is 23.5. The summed E-state index contributed by atoms with van der Waals surface area (Å²) in [6.45, 7) is 2.31. The fourth-order valence-corrected chi connectivity index (χ4v) is 2.60. The second-order valence-corrected chi connectivity index (χ2v) is 6.14. The molecule has 2 aromatic carbocycles. The molecular weight excluding hydrogens is 412 g/mol. The Bertz CT molecular complexity index is 1150. The van der Waals surface area contributed by atoms with E-state index in [4.69, 9.17) is 19.5 Å². The van der Waals surface area contributed by atoms with Crippen molar-refractivity contribution in [1.29, 1.82) is 10.5 Å². The number of nitriles is 2. The lowest BCUT2D eigenvalue weighted by molar-refractivity contribution is -0.135. The van der Waals surface area contributed by atoms with Gasteiger partial charge >= 0.3 is 11.9 Å². The monoisotopic (exact) mass is 432 g/mol. The van der Waals surface area contributed by atoms with E-state index in [2.05, 4.69) is 4.74 Å². The van der Waals surface area contributed by atoms with Gasteiger partial charge in [0.1, 0.15) is 29.0 Å². The second-order valence-electron chi connectivity index (χ2n) is 6.14. The number of hydrogen-bond donors (Lipinski definition) is 0. The van der Waals surface area contributed by atoms with E-state index in [1.165, 1.54) is 38.5 Å². The molecular formula is C24H20N2O6. The first kappa shape index (κ1) is 23.7. The molecule has 0 saturated carbocycles. The SMILES string of the molecule is CCOc1ccc(/C=C(\C#N)C(=O)Oc2cccc(/C=C(\C#N)C(=O)OC)c2)cc1OC. The van der Waals surface area contributed by atoms with Gasteiger partial charge in [0.2, 0.25) is 0 Å². The van der Waals surface area contributed by atoms with Gasteiger partial charge in [0.05, 0.1) is 20.8 Å². The molecule has 0 aliphatic rings. The van der Waals surface area contributed by atoms with Gasteiger partial charge in [-0.15, -0.1) is 0 Å². The Labute approximate surface area is 185 Å². The van der Waals surface area contributed by atoms with Crippen LogP contribution in [-0.4, -0.2) is 32.8 Å². The van der Waals surface area contributed by atoms with E-state index in [0.717, 1.165) is 0 Å². The predicted octanol–water partition coefficient (Wildman–Crippen LogP) is 3.69. The highest BCUT2D eigenvalue weighted by Crippen LogP contribution is 2.29. The summed E-state index contributed by atoms with van der Waals surface area (Å²) in [7, 11) is 2.66. The summed E-state index contributed by atoms with van der Waals surface area (Å²) in [5.41, 5.74) is 0.547. The Hall–Kier alpha value is -4.56. The summed E-state index contributed by atoms with van der Waals surface area (Å²) in [6.07, 6.45) is 2.67. The molecule has 0 bridgehead atoms. The molecule has 0 N–H and O–H groups in total. The molecule has 0 aliphatic carbocycles. The third-order valence-corrected chi connectivity index (χ3v) is 4.04. The third-order valence-electron chi connectivity index (χ3n) is 4.04. The highest BCUT2D eigenvalue weighted by molar-refractivity contribution is 5.99. The zero-order valence-corrected chi connectivity index (χ0v) is 17.7. The Balaban J connectivity index is 2.26. The highest BCUT2D eigenvalue weighted by Gasteiger charge is 2.14. The van der Waals surface area contributed by atoms with Crippen molar-refractivity contribution in [3.05, 3.63) is 64.7 Å². The molecule has 0 heterocycles. The summed E-state index contributed by atoms with van der Waals surface area (Å²) in [4.78, 5) is 24.1. The molecule has 0 radical (unpaired) electrons. The molecule has 0 spiro atoms. The smallest absolute Gasteiger partial charge is 0.354 e. The number of benzene rings is 2. The van der Waals surface area contributed by atoms with Crippen LogP contribution in [-0.2, 0) is 14.3 Å². The molecule has 8 nitrogen and oxygen atoms in total. The van der Waals surface area contributed by atoms with E-state index >= 15 is 0 Å². The van der Waals surface area contributed by atoms with E-state index < -0.39 is 11.9 Å². The zero-order valence-electron chi connectivity index (χ0n) is 17.7. The predicted molar refractivity (Wildman–Crippen MR) is 115 cm³/mol. The Morgan fingerprint density at radius 1 is 0.906 bits per heavy atom. The first-order valence-electron chi connectivity index (χ1n) is 9.40. The number of ether oxygens (including phenoxy) is 4. The largest absolute Gasteiger partial charge is 0.493 e. The summed E-state index contributed by atoms with van der Waals surface area (Å²) in [5.74, 6) is -0.506. The van der Waals surface area contributed by atoms with E-state index in [0.29, 0.717) is 29.2 Å². The maximum absolute atomic E-state index is 12.5. The highest BCUT2D eigenvalue weighted by atomic mass is 16.5. The van der Waals surface area contributed by atoms with Crippen LogP contribution in [0.2, 0.25) is 0 Å². The van der Waals surface area contributed by atoms with Crippen LogP contribution in [0.25, 0.3) is 12.2 Å². The minimum atomic E-state index is -0.866. The number of carbonyl (C=O) groups is 2. The molecule has 0 aliphatic heterocycles. The quantitative estimate of drug-likeness (QED) is 0.268. The van der Waals surface area contributed by atoms with Crippen molar-refractivity contribution in [2.75, 3.05) is 20.8 Å². The number of rotatable bonds is 8. The average molecular weight is 432 g/mol. The summed E-state index contributed by atoms with van der Waals surface area (Å²) < 4.78 is 20.5. The first-order valence-corrected chi connectivity index (χ1v) is 9.40. The van der Waals surface area contributed by atoms with Crippen molar-refractivity contribution in [2.45, 2.75) is 6.92 Å². The summed E-state index contributed by atoms with van der Waals surface area (Å²) in [6, 6.07) is 14.7. The topological polar surface area (TPSA) is 119 Å². The van der Waals surface area contributed by atoms with Crippen molar-refractivity contribution < 1.29 is 28.5 Å². The first-order chi connectivity index (χ1) is 15.4.